The third-order valence-electron chi connectivity index (χ3n) is 4.00. The highest BCUT2D eigenvalue weighted by atomic mass is 15.1. The van der Waals surface area contributed by atoms with Crippen LogP contribution in [0.4, 0.5) is 11.4 Å². The molecule has 1 heterocycles. The SMILES string of the molecule is CC[n+]1c(C=Nc2ccc(N(C)C)cc2)ccc2ccccc21. The average Bonchev–Trinajstić information content (AvgIpc) is 2.59. The van der Waals surface area contributed by atoms with E-state index in [4.69, 9.17) is 0 Å². The Balaban J connectivity index is 1.94. The minimum absolute atomic E-state index is 0.919. The summed E-state index contributed by atoms with van der Waals surface area (Å²) >= 11 is 0. The summed E-state index contributed by atoms with van der Waals surface area (Å²) in [4.78, 5) is 6.71. The molecule has 1 aromatic heterocycles. The summed E-state index contributed by atoms with van der Waals surface area (Å²) in [6.45, 7) is 3.08. The molecule has 0 N–H and O–H groups in total. The Hall–Kier alpha value is -2.68. The number of fused-ring (bicyclic) bond motifs is 1. The molecule has 3 rings (SSSR count). The summed E-state index contributed by atoms with van der Waals surface area (Å²) in [5, 5.41) is 1.25. The van der Waals surface area contributed by atoms with Crippen molar-refractivity contribution >= 4 is 28.5 Å². The lowest BCUT2D eigenvalue weighted by molar-refractivity contribution is -0.668. The number of nitrogens with zero attached hydrogens (tertiary/aromatic N) is 3. The molecule has 0 atom stereocenters. The molecule has 0 aliphatic rings. The van der Waals surface area contributed by atoms with Crippen LogP contribution in [0.2, 0.25) is 0 Å². The van der Waals surface area contributed by atoms with Gasteiger partial charge in [0.2, 0.25) is 11.2 Å². The van der Waals surface area contributed by atoms with Gasteiger partial charge in [-0.25, -0.2) is 4.99 Å². The van der Waals surface area contributed by atoms with Crippen LogP contribution in [-0.4, -0.2) is 20.3 Å². The van der Waals surface area contributed by atoms with Crippen LogP contribution in [0.25, 0.3) is 10.9 Å². The van der Waals surface area contributed by atoms with E-state index < -0.39 is 0 Å². The first-order valence-corrected chi connectivity index (χ1v) is 7.92. The Morgan fingerprint density at radius 2 is 1.70 bits per heavy atom. The second-order valence-electron chi connectivity index (χ2n) is 5.73. The van der Waals surface area contributed by atoms with Crippen LogP contribution < -0.4 is 9.47 Å². The zero-order chi connectivity index (χ0) is 16.2. The average molecular weight is 304 g/mol. The molecule has 0 aliphatic carbocycles. The highest BCUT2D eigenvalue weighted by Crippen LogP contribution is 2.18. The number of hydrogen-bond donors (Lipinski definition) is 0. The maximum absolute atomic E-state index is 4.63. The molecule has 0 bridgehead atoms. The first-order valence-electron chi connectivity index (χ1n) is 7.92. The van der Waals surface area contributed by atoms with Crippen LogP contribution in [0.3, 0.4) is 0 Å². The van der Waals surface area contributed by atoms with Crippen molar-refractivity contribution in [2.24, 2.45) is 4.99 Å². The first kappa shape index (κ1) is 15.2. The Morgan fingerprint density at radius 3 is 2.39 bits per heavy atom. The van der Waals surface area contributed by atoms with Gasteiger partial charge in [-0.15, -0.1) is 0 Å². The fourth-order valence-corrected chi connectivity index (χ4v) is 2.72. The molecule has 3 heteroatoms. The molecule has 3 nitrogen and oxygen atoms in total. The number of hydrogen-bond acceptors (Lipinski definition) is 2. The van der Waals surface area contributed by atoms with E-state index in [0.717, 1.165) is 17.9 Å². The van der Waals surface area contributed by atoms with Crippen molar-refractivity contribution in [2.75, 3.05) is 19.0 Å². The van der Waals surface area contributed by atoms with Gasteiger partial charge in [0.15, 0.2) is 0 Å². The molecule has 0 spiro atoms. The number of aromatic nitrogens is 1. The highest BCUT2D eigenvalue weighted by Gasteiger charge is 2.11. The molecule has 0 amide bonds. The molecule has 0 fully saturated rings. The number of aliphatic imine (C=N–C) groups is 1. The van der Waals surface area contributed by atoms with Gasteiger partial charge >= 0.3 is 0 Å². The predicted octanol–water partition coefficient (Wildman–Crippen LogP) is 3.96. The summed E-state index contributed by atoms with van der Waals surface area (Å²) in [5.74, 6) is 0. The zero-order valence-electron chi connectivity index (χ0n) is 13.9. The largest absolute Gasteiger partial charge is 0.378 e. The fraction of sp³-hybridized carbons (Fsp3) is 0.200. The molecule has 0 radical (unpaired) electrons. The van der Waals surface area contributed by atoms with Gasteiger partial charge in [-0.3, -0.25) is 0 Å². The third-order valence-corrected chi connectivity index (χ3v) is 4.00. The number of benzene rings is 2. The molecular weight excluding hydrogens is 282 g/mol. The minimum Gasteiger partial charge on any atom is -0.378 e. The highest BCUT2D eigenvalue weighted by molar-refractivity contribution is 5.82. The van der Waals surface area contributed by atoms with Crippen molar-refractivity contribution in [3.63, 3.8) is 0 Å². The van der Waals surface area contributed by atoms with Crippen molar-refractivity contribution < 1.29 is 4.57 Å². The smallest absolute Gasteiger partial charge is 0.224 e. The molecule has 3 aromatic rings. The summed E-state index contributed by atoms with van der Waals surface area (Å²) in [6, 6.07) is 21.0. The van der Waals surface area contributed by atoms with Gasteiger partial charge in [0.25, 0.3) is 0 Å². The lowest BCUT2D eigenvalue weighted by Gasteiger charge is -2.11. The topological polar surface area (TPSA) is 19.5 Å². The first-order chi connectivity index (χ1) is 11.2. The van der Waals surface area contributed by atoms with Crippen LogP contribution in [-0.2, 0) is 6.54 Å². The fourth-order valence-electron chi connectivity index (χ4n) is 2.72. The zero-order valence-corrected chi connectivity index (χ0v) is 13.9. The van der Waals surface area contributed by atoms with Gasteiger partial charge in [0, 0.05) is 37.3 Å². The van der Waals surface area contributed by atoms with Crippen molar-refractivity contribution in [2.45, 2.75) is 13.5 Å². The third kappa shape index (κ3) is 3.24. The quantitative estimate of drug-likeness (QED) is 0.527. The Labute approximate surface area is 137 Å². The van der Waals surface area contributed by atoms with Crippen molar-refractivity contribution in [1.29, 1.82) is 0 Å². The molecule has 0 unspecified atom stereocenters. The van der Waals surface area contributed by atoms with Gasteiger partial charge in [-0.05, 0) is 43.3 Å². The van der Waals surface area contributed by atoms with Gasteiger partial charge in [0.05, 0.1) is 11.9 Å². The standard InChI is InChI=1S/C20H22N3/c1-4-23-19(12-9-16-7-5-6-8-20(16)23)15-21-17-10-13-18(14-11-17)22(2)3/h5-15H,4H2,1-3H3/q+1. The van der Waals surface area contributed by atoms with E-state index in [2.05, 4.69) is 69.9 Å². The summed E-state index contributed by atoms with van der Waals surface area (Å²) < 4.78 is 2.28. The molecule has 0 saturated carbocycles. The predicted molar refractivity (Wildman–Crippen MR) is 97.8 cm³/mol. The number of aryl methyl sites for hydroxylation is 1. The second kappa shape index (κ2) is 6.61. The molecule has 2 aromatic carbocycles. The normalized spacial score (nSPS) is 11.3. The summed E-state index contributed by atoms with van der Waals surface area (Å²) in [7, 11) is 4.08. The van der Waals surface area contributed by atoms with Crippen molar-refractivity contribution in [1.82, 2.24) is 0 Å². The van der Waals surface area contributed by atoms with E-state index >= 15 is 0 Å². The molecular formula is C20H22N3+. The van der Waals surface area contributed by atoms with Gasteiger partial charge < -0.3 is 4.90 Å². The Bertz CT molecular complexity index is 833. The van der Waals surface area contributed by atoms with Crippen molar-refractivity contribution in [3.8, 4) is 0 Å². The van der Waals surface area contributed by atoms with E-state index in [1.165, 1.54) is 16.6 Å². The summed E-state index contributed by atoms with van der Waals surface area (Å²) in [6.07, 6.45) is 1.95. The van der Waals surface area contributed by atoms with E-state index in [-0.39, 0.29) is 0 Å². The number of para-hydroxylation sites is 1. The van der Waals surface area contributed by atoms with Crippen LogP contribution in [0, 0.1) is 0 Å². The molecule has 23 heavy (non-hydrogen) atoms. The van der Waals surface area contributed by atoms with E-state index in [9.17, 15) is 0 Å². The minimum atomic E-state index is 0.919. The molecule has 116 valence electrons. The van der Waals surface area contributed by atoms with Gasteiger partial charge in [-0.2, -0.15) is 4.57 Å². The monoisotopic (exact) mass is 304 g/mol. The number of anilines is 1. The van der Waals surface area contributed by atoms with Crippen LogP contribution >= 0.6 is 0 Å². The maximum atomic E-state index is 4.63. The number of rotatable bonds is 4. The lowest BCUT2D eigenvalue weighted by Crippen LogP contribution is -2.38. The Kier molecular flexibility index (Phi) is 4.38. The molecule has 0 aliphatic heterocycles. The lowest BCUT2D eigenvalue weighted by atomic mass is 10.2. The van der Waals surface area contributed by atoms with E-state index in [1.807, 2.05) is 32.4 Å². The van der Waals surface area contributed by atoms with Crippen LogP contribution in [0.5, 0.6) is 0 Å². The maximum Gasteiger partial charge on any atom is 0.224 e. The van der Waals surface area contributed by atoms with Crippen LogP contribution in [0.15, 0.2) is 65.7 Å². The van der Waals surface area contributed by atoms with Gasteiger partial charge in [0.1, 0.15) is 6.54 Å². The Morgan fingerprint density at radius 1 is 0.957 bits per heavy atom. The van der Waals surface area contributed by atoms with E-state index in [0.29, 0.717) is 0 Å². The van der Waals surface area contributed by atoms with E-state index in [1.54, 1.807) is 0 Å². The second-order valence-corrected chi connectivity index (χ2v) is 5.73. The van der Waals surface area contributed by atoms with Gasteiger partial charge in [-0.1, -0.05) is 12.1 Å². The van der Waals surface area contributed by atoms with Crippen molar-refractivity contribution in [3.05, 3.63) is 66.4 Å². The van der Waals surface area contributed by atoms with Crippen LogP contribution in [0.1, 0.15) is 12.6 Å². The summed E-state index contributed by atoms with van der Waals surface area (Å²) in [5.41, 5.74) is 4.49. The molecule has 0 saturated heterocycles. The number of pyridine rings is 1.